The monoisotopic (exact) mass is 248 g/mol. The molecule has 1 aromatic heterocycles. The van der Waals surface area contributed by atoms with Gasteiger partial charge < -0.3 is 11.1 Å². The Bertz CT molecular complexity index is 405. The highest BCUT2D eigenvalue weighted by Gasteiger charge is 2.32. The van der Waals surface area contributed by atoms with Crippen LogP contribution in [0, 0.1) is 11.8 Å². The van der Waals surface area contributed by atoms with Gasteiger partial charge in [0.15, 0.2) is 0 Å². The summed E-state index contributed by atoms with van der Waals surface area (Å²) in [7, 11) is 0. The smallest absolute Gasteiger partial charge is 0.134 e. The van der Waals surface area contributed by atoms with Crippen LogP contribution in [-0.2, 0) is 6.42 Å². The van der Waals surface area contributed by atoms with E-state index >= 15 is 0 Å². The lowest BCUT2D eigenvalue weighted by atomic mass is 9.93. The second-order valence-electron chi connectivity index (χ2n) is 5.30. The van der Waals surface area contributed by atoms with Gasteiger partial charge in [-0.25, -0.2) is 9.97 Å². The Balaban J connectivity index is 2.13. The van der Waals surface area contributed by atoms with E-state index in [1.54, 1.807) is 6.33 Å². The summed E-state index contributed by atoms with van der Waals surface area (Å²) in [5.74, 6) is 3.08. The number of rotatable bonds is 4. The molecule has 2 rings (SSSR count). The zero-order valence-electron chi connectivity index (χ0n) is 11.6. The summed E-state index contributed by atoms with van der Waals surface area (Å²) in [6.45, 7) is 6.71. The van der Waals surface area contributed by atoms with Crippen LogP contribution in [0.15, 0.2) is 6.33 Å². The van der Waals surface area contributed by atoms with E-state index in [0.29, 0.717) is 17.8 Å². The molecule has 1 aromatic rings. The van der Waals surface area contributed by atoms with Gasteiger partial charge in [0.2, 0.25) is 0 Å². The number of aromatic nitrogens is 2. The summed E-state index contributed by atoms with van der Waals surface area (Å²) in [5.41, 5.74) is 6.95. The van der Waals surface area contributed by atoms with Crippen molar-refractivity contribution in [1.82, 2.24) is 9.97 Å². The van der Waals surface area contributed by atoms with E-state index in [-0.39, 0.29) is 0 Å². The summed E-state index contributed by atoms with van der Waals surface area (Å²) < 4.78 is 0. The lowest BCUT2D eigenvalue weighted by Crippen LogP contribution is -2.26. The molecule has 0 radical (unpaired) electrons. The fourth-order valence-electron chi connectivity index (χ4n) is 3.10. The first-order valence-corrected chi connectivity index (χ1v) is 7.03. The molecule has 3 unspecified atom stereocenters. The Morgan fingerprint density at radius 2 is 2.11 bits per heavy atom. The molecule has 4 nitrogen and oxygen atoms in total. The van der Waals surface area contributed by atoms with Crippen LogP contribution < -0.4 is 11.1 Å². The highest BCUT2D eigenvalue weighted by Crippen LogP contribution is 2.36. The van der Waals surface area contributed by atoms with Gasteiger partial charge in [-0.05, 0) is 31.1 Å². The van der Waals surface area contributed by atoms with E-state index in [0.717, 1.165) is 23.7 Å². The van der Waals surface area contributed by atoms with Crippen LogP contribution in [0.2, 0.25) is 0 Å². The van der Waals surface area contributed by atoms with E-state index in [1.807, 2.05) is 0 Å². The van der Waals surface area contributed by atoms with Gasteiger partial charge in [-0.1, -0.05) is 27.2 Å². The van der Waals surface area contributed by atoms with E-state index in [2.05, 4.69) is 36.1 Å². The van der Waals surface area contributed by atoms with Crippen molar-refractivity contribution in [3.8, 4) is 0 Å². The van der Waals surface area contributed by atoms with Crippen molar-refractivity contribution < 1.29 is 0 Å². The van der Waals surface area contributed by atoms with Gasteiger partial charge in [-0.15, -0.1) is 0 Å². The largest absolute Gasteiger partial charge is 0.383 e. The maximum atomic E-state index is 5.90. The second kappa shape index (κ2) is 5.55. The molecule has 1 saturated carbocycles. The molecule has 0 spiro atoms. The molecular weight excluding hydrogens is 224 g/mol. The molecular formula is C14H24N4. The number of nitrogen functional groups attached to an aromatic ring is 1. The molecule has 1 heterocycles. The van der Waals surface area contributed by atoms with Crippen molar-refractivity contribution in [2.45, 2.75) is 52.5 Å². The highest BCUT2D eigenvalue weighted by molar-refractivity contribution is 5.55. The van der Waals surface area contributed by atoms with Crippen LogP contribution in [0.5, 0.6) is 0 Å². The molecule has 0 saturated heterocycles. The molecule has 1 aliphatic rings. The molecule has 0 amide bonds. The first-order chi connectivity index (χ1) is 8.67. The van der Waals surface area contributed by atoms with Crippen molar-refractivity contribution in [2.24, 2.45) is 11.8 Å². The number of hydrogen-bond acceptors (Lipinski definition) is 4. The number of hydrogen-bond donors (Lipinski definition) is 2. The number of nitrogens with zero attached hydrogens (tertiary/aromatic N) is 2. The van der Waals surface area contributed by atoms with Gasteiger partial charge in [0, 0.05) is 11.6 Å². The predicted molar refractivity (Wildman–Crippen MR) is 75.4 cm³/mol. The minimum atomic E-state index is 0.523. The fraction of sp³-hybridized carbons (Fsp3) is 0.714. The standard InChI is InChI=1S/C14H24N4/c1-4-10-6-7-12(9(10)3)18-14-11(5-2)13(15)16-8-17-14/h8-10,12H,4-7H2,1-3H3,(H3,15,16,17,18). The Morgan fingerprint density at radius 1 is 1.33 bits per heavy atom. The quantitative estimate of drug-likeness (QED) is 0.860. The molecule has 18 heavy (non-hydrogen) atoms. The lowest BCUT2D eigenvalue weighted by Gasteiger charge is -2.22. The molecule has 4 heteroatoms. The summed E-state index contributed by atoms with van der Waals surface area (Å²) in [5, 5.41) is 3.58. The number of nitrogens with one attached hydrogen (secondary N) is 1. The number of nitrogens with two attached hydrogens (primary N) is 1. The van der Waals surface area contributed by atoms with Gasteiger partial charge in [0.1, 0.15) is 18.0 Å². The third-order valence-corrected chi connectivity index (χ3v) is 4.41. The van der Waals surface area contributed by atoms with Crippen LogP contribution in [0.1, 0.15) is 45.6 Å². The van der Waals surface area contributed by atoms with Crippen LogP contribution in [0.3, 0.4) is 0 Å². The molecule has 1 fully saturated rings. The lowest BCUT2D eigenvalue weighted by molar-refractivity contribution is 0.391. The molecule has 0 bridgehead atoms. The first-order valence-electron chi connectivity index (χ1n) is 7.03. The van der Waals surface area contributed by atoms with Crippen molar-refractivity contribution in [3.63, 3.8) is 0 Å². The van der Waals surface area contributed by atoms with E-state index in [4.69, 9.17) is 5.73 Å². The van der Waals surface area contributed by atoms with E-state index in [1.165, 1.54) is 19.3 Å². The minimum absolute atomic E-state index is 0.523. The Hall–Kier alpha value is -1.32. The van der Waals surface area contributed by atoms with Crippen LogP contribution in [-0.4, -0.2) is 16.0 Å². The number of anilines is 2. The predicted octanol–water partition coefficient (Wildman–Crippen LogP) is 2.86. The Labute approximate surface area is 109 Å². The van der Waals surface area contributed by atoms with Crippen LogP contribution >= 0.6 is 0 Å². The maximum Gasteiger partial charge on any atom is 0.134 e. The summed E-state index contributed by atoms with van der Waals surface area (Å²) in [6, 6.07) is 0.523. The van der Waals surface area contributed by atoms with Crippen molar-refractivity contribution >= 4 is 11.6 Å². The van der Waals surface area contributed by atoms with Crippen LogP contribution in [0.25, 0.3) is 0 Å². The molecule has 0 aliphatic heterocycles. The van der Waals surface area contributed by atoms with Gasteiger partial charge in [0.25, 0.3) is 0 Å². The van der Waals surface area contributed by atoms with Crippen molar-refractivity contribution in [3.05, 3.63) is 11.9 Å². The van der Waals surface area contributed by atoms with Gasteiger partial charge >= 0.3 is 0 Å². The van der Waals surface area contributed by atoms with E-state index < -0.39 is 0 Å². The average molecular weight is 248 g/mol. The fourth-order valence-corrected chi connectivity index (χ4v) is 3.10. The maximum absolute atomic E-state index is 5.90. The third kappa shape index (κ3) is 2.42. The molecule has 0 aromatic carbocycles. The topological polar surface area (TPSA) is 63.8 Å². The van der Waals surface area contributed by atoms with Crippen LogP contribution in [0.4, 0.5) is 11.6 Å². The van der Waals surface area contributed by atoms with Crippen molar-refractivity contribution in [1.29, 1.82) is 0 Å². The van der Waals surface area contributed by atoms with Gasteiger partial charge in [-0.3, -0.25) is 0 Å². The second-order valence-corrected chi connectivity index (χ2v) is 5.30. The minimum Gasteiger partial charge on any atom is -0.383 e. The Morgan fingerprint density at radius 3 is 2.72 bits per heavy atom. The normalized spacial score (nSPS) is 27.4. The zero-order chi connectivity index (χ0) is 13.1. The first kappa shape index (κ1) is 13.1. The molecule has 3 N–H and O–H groups in total. The average Bonchev–Trinajstić information content (AvgIpc) is 2.71. The van der Waals surface area contributed by atoms with E-state index in [9.17, 15) is 0 Å². The summed E-state index contributed by atoms with van der Waals surface area (Å²) in [4.78, 5) is 8.42. The van der Waals surface area contributed by atoms with Gasteiger partial charge in [-0.2, -0.15) is 0 Å². The molecule has 100 valence electrons. The molecule has 3 atom stereocenters. The van der Waals surface area contributed by atoms with Crippen molar-refractivity contribution in [2.75, 3.05) is 11.1 Å². The highest BCUT2D eigenvalue weighted by atomic mass is 15.1. The third-order valence-electron chi connectivity index (χ3n) is 4.41. The zero-order valence-corrected chi connectivity index (χ0v) is 11.6. The van der Waals surface area contributed by atoms with Gasteiger partial charge in [0.05, 0.1) is 0 Å². The Kier molecular flexibility index (Phi) is 4.04. The SMILES string of the molecule is CCc1c(N)ncnc1NC1CCC(CC)C1C. The summed E-state index contributed by atoms with van der Waals surface area (Å²) in [6.07, 6.45) is 6.23. The molecule has 1 aliphatic carbocycles. The summed E-state index contributed by atoms with van der Waals surface area (Å²) >= 11 is 0.